The highest BCUT2D eigenvalue weighted by Gasteiger charge is 2.07. The van der Waals surface area contributed by atoms with E-state index in [0.29, 0.717) is 6.54 Å². The molecule has 0 spiro atoms. The molecule has 0 radical (unpaired) electrons. The molecular formula is C14H14N2O2. The highest BCUT2D eigenvalue weighted by molar-refractivity contribution is 5.86. The third-order valence-corrected chi connectivity index (χ3v) is 3.00. The van der Waals surface area contributed by atoms with Crippen molar-refractivity contribution >= 4 is 10.9 Å². The molecule has 0 aliphatic rings. The predicted molar refractivity (Wildman–Crippen MR) is 68.8 cm³/mol. The van der Waals surface area contributed by atoms with E-state index in [0.717, 1.165) is 28.1 Å². The number of hydrogen-bond donors (Lipinski definition) is 0. The first-order valence-corrected chi connectivity index (χ1v) is 5.82. The van der Waals surface area contributed by atoms with E-state index < -0.39 is 0 Å². The van der Waals surface area contributed by atoms with Gasteiger partial charge in [-0.05, 0) is 25.1 Å². The normalized spacial score (nSPS) is 11.0. The molecule has 18 heavy (non-hydrogen) atoms. The molecule has 0 saturated heterocycles. The third-order valence-electron chi connectivity index (χ3n) is 3.00. The fourth-order valence-electron chi connectivity index (χ4n) is 2.18. The number of hydrogen-bond acceptors (Lipinski definition) is 3. The first-order chi connectivity index (χ1) is 8.78. The number of aryl methyl sites for hydroxylation is 1. The fourth-order valence-corrected chi connectivity index (χ4v) is 2.18. The minimum Gasteiger partial charge on any atom is -0.496 e. The van der Waals surface area contributed by atoms with Crippen LogP contribution in [0.25, 0.3) is 10.9 Å². The Hall–Kier alpha value is -2.23. The van der Waals surface area contributed by atoms with E-state index >= 15 is 0 Å². The summed E-state index contributed by atoms with van der Waals surface area (Å²) in [6, 6.07) is 10.0. The molecule has 0 bridgehead atoms. The van der Waals surface area contributed by atoms with Gasteiger partial charge in [0.15, 0.2) is 0 Å². The largest absolute Gasteiger partial charge is 0.496 e. The van der Waals surface area contributed by atoms with Crippen LogP contribution in [0.5, 0.6) is 5.75 Å². The van der Waals surface area contributed by atoms with Gasteiger partial charge in [-0.3, -0.25) is 0 Å². The monoisotopic (exact) mass is 242 g/mol. The van der Waals surface area contributed by atoms with Crippen LogP contribution in [0.1, 0.15) is 11.5 Å². The SMILES string of the molecule is COc1cccc2c1ccn2Cc1cc(C)on1. The molecule has 0 aliphatic heterocycles. The Morgan fingerprint density at radius 3 is 2.94 bits per heavy atom. The fraction of sp³-hybridized carbons (Fsp3) is 0.214. The summed E-state index contributed by atoms with van der Waals surface area (Å²) < 4.78 is 12.6. The maximum atomic E-state index is 5.35. The van der Waals surface area contributed by atoms with Crippen LogP contribution in [0.2, 0.25) is 0 Å². The van der Waals surface area contributed by atoms with Crippen molar-refractivity contribution in [2.45, 2.75) is 13.5 Å². The van der Waals surface area contributed by atoms with E-state index in [1.54, 1.807) is 7.11 Å². The summed E-state index contributed by atoms with van der Waals surface area (Å²) in [6.07, 6.45) is 2.04. The van der Waals surface area contributed by atoms with Gasteiger partial charge in [0.1, 0.15) is 17.2 Å². The van der Waals surface area contributed by atoms with Crippen molar-refractivity contribution in [3.63, 3.8) is 0 Å². The van der Waals surface area contributed by atoms with Gasteiger partial charge >= 0.3 is 0 Å². The summed E-state index contributed by atoms with van der Waals surface area (Å²) in [5.41, 5.74) is 2.06. The molecule has 2 heterocycles. The second-order valence-corrected chi connectivity index (χ2v) is 4.27. The van der Waals surface area contributed by atoms with E-state index in [4.69, 9.17) is 9.26 Å². The van der Waals surface area contributed by atoms with Crippen LogP contribution in [0.3, 0.4) is 0 Å². The summed E-state index contributed by atoms with van der Waals surface area (Å²) in [7, 11) is 1.69. The second-order valence-electron chi connectivity index (χ2n) is 4.27. The van der Waals surface area contributed by atoms with Crippen LogP contribution < -0.4 is 4.74 Å². The summed E-state index contributed by atoms with van der Waals surface area (Å²) in [5.74, 6) is 1.72. The lowest BCUT2D eigenvalue weighted by Gasteiger charge is -2.04. The quantitative estimate of drug-likeness (QED) is 0.708. The van der Waals surface area contributed by atoms with Gasteiger partial charge in [0.05, 0.1) is 19.2 Å². The number of benzene rings is 1. The zero-order valence-electron chi connectivity index (χ0n) is 10.4. The minimum absolute atomic E-state index is 0.702. The third kappa shape index (κ3) is 1.76. The van der Waals surface area contributed by atoms with Gasteiger partial charge in [-0.2, -0.15) is 0 Å². The Kier molecular flexibility index (Phi) is 2.55. The van der Waals surface area contributed by atoms with Crippen molar-refractivity contribution < 1.29 is 9.26 Å². The first-order valence-electron chi connectivity index (χ1n) is 5.82. The Balaban J connectivity index is 2.02. The smallest absolute Gasteiger partial charge is 0.133 e. The van der Waals surface area contributed by atoms with Crippen LogP contribution in [-0.2, 0) is 6.54 Å². The molecule has 0 unspecified atom stereocenters. The van der Waals surface area contributed by atoms with Gasteiger partial charge in [0.2, 0.25) is 0 Å². The van der Waals surface area contributed by atoms with Crippen LogP contribution in [0.4, 0.5) is 0 Å². The van der Waals surface area contributed by atoms with E-state index in [1.807, 2.05) is 31.3 Å². The average Bonchev–Trinajstić information content (AvgIpc) is 2.97. The summed E-state index contributed by atoms with van der Waals surface area (Å²) >= 11 is 0. The highest BCUT2D eigenvalue weighted by atomic mass is 16.5. The van der Waals surface area contributed by atoms with Gasteiger partial charge in [-0.15, -0.1) is 0 Å². The lowest BCUT2D eigenvalue weighted by molar-refractivity contribution is 0.389. The molecule has 1 aromatic carbocycles. The number of nitrogens with zero attached hydrogens (tertiary/aromatic N) is 2. The number of aromatic nitrogens is 2. The van der Waals surface area contributed by atoms with E-state index in [9.17, 15) is 0 Å². The molecule has 0 amide bonds. The van der Waals surface area contributed by atoms with Crippen molar-refractivity contribution in [1.29, 1.82) is 0 Å². The maximum absolute atomic E-state index is 5.35. The molecule has 0 atom stereocenters. The molecule has 2 aromatic heterocycles. The number of methoxy groups -OCH3 is 1. The van der Waals surface area contributed by atoms with Crippen molar-refractivity contribution in [2.24, 2.45) is 0 Å². The molecule has 0 N–H and O–H groups in total. The average molecular weight is 242 g/mol. The number of rotatable bonds is 3. The summed E-state index contributed by atoms with van der Waals surface area (Å²) in [6.45, 7) is 2.60. The Bertz CT molecular complexity index is 682. The minimum atomic E-state index is 0.702. The topological polar surface area (TPSA) is 40.2 Å². The van der Waals surface area contributed by atoms with Gasteiger partial charge in [0, 0.05) is 17.6 Å². The standard InChI is InChI=1S/C14H14N2O2/c1-10-8-11(15-18-10)9-16-7-6-12-13(16)4-3-5-14(12)17-2/h3-8H,9H2,1-2H3. The molecule has 92 valence electrons. The number of ether oxygens (including phenoxy) is 1. The Morgan fingerprint density at radius 2 is 2.22 bits per heavy atom. The number of fused-ring (bicyclic) bond motifs is 1. The highest BCUT2D eigenvalue weighted by Crippen LogP contribution is 2.26. The lowest BCUT2D eigenvalue weighted by atomic mass is 10.2. The predicted octanol–water partition coefficient (Wildman–Crippen LogP) is 2.99. The van der Waals surface area contributed by atoms with Crippen molar-refractivity contribution in [2.75, 3.05) is 7.11 Å². The van der Waals surface area contributed by atoms with Crippen LogP contribution in [0.15, 0.2) is 41.1 Å². The molecule has 3 aromatic rings. The van der Waals surface area contributed by atoms with Gasteiger partial charge in [-0.1, -0.05) is 11.2 Å². The maximum Gasteiger partial charge on any atom is 0.133 e. The van der Waals surface area contributed by atoms with Crippen LogP contribution in [0, 0.1) is 6.92 Å². The van der Waals surface area contributed by atoms with E-state index in [2.05, 4.69) is 21.9 Å². The molecule has 0 saturated carbocycles. The molecule has 0 aliphatic carbocycles. The van der Waals surface area contributed by atoms with Crippen molar-refractivity contribution in [3.05, 3.63) is 48.0 Å². The van der Waals surface area contributed by atoms with Gasteiger partial charge in [-0.25, -0.2) is 0 Å². The molecule has 4 heteroatoms. The molecule has 4 nitrogen and oxygen atoms in total. The zero-order valence-corrected chi connectivity index (χ0v) is 10.4. The van der Waals surface area contributed by atoms with Gasteiger partial charge < -0.3 is 13.8 Å². The summed E-state index contributed by atoms with van der Waals surface area (Å²) in [5, 5.41) is 5.12. The molecule has 3 rings (SSSR count). The molecule has 0 fully saturated rings. The van der Waals surface area contributed by atoms with E-state index in [1.165, 1.54) is 0 Å². The lowest BCUT2D eigenvalue weighted by Crippen LogP contribution is -1.97. The Morgan fingerprint density at radius 1 is 1.33 bits per heavy atom. The van der Waals surface area contributed by atoms with Gasteiger partial charge in [0.25, 0.3) is 0 Å². The van der Waals surface area contributed by atoms with Crippen LogP contribution in [-0.4, -0.2) is 16.8 Å². The van der Waals surface area contributed by atoms with Crippen LogP contribution >= 0.6 is 0 Å². The van der Waals surface area contributed by atoms with E-state index in [-0.39, 0.29) is 0 Å². The van der Waals surface area contributed by atoms with Crippen molar-refractivity contribution in [3.8, 4) is 5.75 Å². The zero-order chi connectivity index (χ0) is 12.5. The Labute approximate surface area is 105 Å². The molecular weight excluding hydrogens is 228 g/mol. The second kappa shape index (κ2) is 4.22. The van der Waals surface area contributed by atoms with Crippen molar-refractivity contribution in [1.82, 2.24) is 9.72 Å². The summed E-state index contributed by atoms with van der Waals surface area (Å²) in [4.78, 5) is 0. The first kappa shape index (κ1) is 10.9.